The van der Waals surface area contributed by atoms with Crippen LogP contribution >= 0.6 is 11.3 Å². The number of aromatic amines is 1. The van der Waals surface area contributed by atoms with E-state index < -0.39 is 5.91 Å². The number of halogens is 1. The average Bonchev–Trinajstić information content (AvgIpc) is 3.09. The predicted molar refractivity (Wildman–Crippen MR) is 77.8 cm³/mol. The Morgan fingerprint density at radius 1 is 1.32 bits per heavy atom. The van der Waals surface area contributed by atoms with E-state index in [1.54, 1.807) is 24.3 Å². The zero-order valence-corrected chi connectivity index (χ0v) is 11.7. The molecule has 8 heteroatoms. The van der Waals surface area contributed by atoms with E-state index in [0.717, 1.165) is 4.70 Å². The Morgan fingerprint density at radius 2 is 2.14 bits per heavy atom. The molecule has 2 aromatic heterocycles. The van der Waals surface area contributed by atoms with E-state index in [2.05, 4.69) is 15.3 Å². The van der Waals surface area contributed by atoms with Crippen LogP contribution in [0.15, 0.2) is 24.3 Å². The van der Waals surface area contributed by atoms with Gasteiger partial charge in [-0.1, -0.05) is 0 Å². The predicted octanol–water partition coefficient (Wildman–Crippen LogP) is 2.76. The number of aromatic nitrogens is 2. The second-order valence-corrected chi connectivity index (χ2v) is 5.36. The highest BCUT2D eigenvalue weighted by molar-refractivity contribution is 7.20. The van der Waals surface area contributed by atoms with Crippen molar-refractivity contribution in [3.63, 3.8) is 0 Å². The number of fused-ring (bicyclic) bond motifs is 1. The van der Waals surface area contributed by atoms with Crippen LogP contribution in [0, 0.1) is 28.5 Å². The van der Waals surface area contributed by atoms with Gasteiger partial charge >= 0.3 is 0 Å². The third kappa shape index (κ3) is 2.39. The van der Waals surface area contributed by atoms with Crippen LogP contribution in [0.3, 0.4) is 0 Å². The Morgan fingerprint density at radius 3 is 2.82 bits per heavy atom. The van der Waals surface area contributed by atoms with Crippen LogP contribution in [0.1, 0.15) is 21.1 Å². The average molecular weight is 311 g/mol. The van der Waals surface area contributed by atoms with Crippen LogP contribution in [-0.2, 0) is 0 Å². The van der Waals surface area contributed by atoms with Gasteiger partial charge in [0, 0.05) is 4.70 Å². The lowest BCUT2D eigenvalue weighted by Crippen LogP contribution is -2.11. The molecule has 0 unspecified atom stereocenters. The molecule has 1 aromatic carbocycles. The summed E-state index contributed by atoms with van der Waals surface area (Å²) in [6.45, 7) is 0. The fourth-order valence-electron chi connectivity index (χ4n) is 1.89. The Hall–Kier alpha value is -3.23. The summed E-state index contributed by atoms with van der Waals surface area (Å²) in [6, 6.07) is 9.36. The van der Waals surface area contributed by atoms with Gasteiger partial charge in [-0.2, -0.15) is 10.5 Å². The van der Waals surface area contributed by atoms with Crippen LogP contribution in [0.25, 0.3) is 10.1 Å². The van der Waals surface area contributed by atoms with Gasteiger partial charge in [-0.3, -0.25) is 10.1 Å². The van der Waals surface area contributed by atoms with E-state index in [-0.39, 0.29) is 23.2 Å². The number of carbonyl (C=O) groups is 1. The summed E-state index contributed by atoms with van der Waals surface area (Å²) in [5.74, 6) is -0.813. The molecule has 3 aromatic rings. The van der Waals surface area contributed by atoms with Crippen molar-refractivity contribution in [2.45, 2.75) is 0 Å². The van der Waals surface area contributed by atoms with Crippen molar-refractivity contribution in [1.82, 2.24) is 9.97 Å². The molecule has 2 N–H and O–H groups in total. The number of nitriles is 2. The second kappa shape index (κ2) is 5.28. The number of hydrogen-bond donors (Lipinski definition) is 2. The van der Waals surface area contributed by atoms with Crippen LogP contribution in [-0.4, -0.2) is 15.9 Å². The van der Waals surface area contributed by atoms with Gasteiger partial charge in [0.1, 0.15) is 18.0 Å². The molecule has 106 valence electrons. The van der Waals surface area contributed by atoms with E-state index in [0.29, 0.717) is 10.3 Å². The van der Waals surface area contributed by atoms with E-state index in [9.17, 15) is 9.18 Å². The van der Waals surface area contributed by atoms with Gasteiger partial charge in [-0.25, -0.2) is 9.37 Å². The molecule has 0 fully saturated rings. The molecule has 0 saturated carbocycles. The number of amides is 1. The third-order valence-electron chi connectivity index (χ3n) is 2.86. The van der Waals surface area contributed by atoms with Crippen molar-refractivity contribution in [3.8, 4) is 12.1 Å². The van der Waals surface area contributed by atoms with Crippen molar-refractivity contribution >= 4 is 33.3 Å². The van der Waals surface area contributed by atoms with E-state index in [1.807, 2.05) is 0 Å². The van der Waals surface area contributed by atoms with Crippen LogP contribution < -0.4 is 5.32 Å². The summed E-state index contributed by atoms with van der Waals surface area (Å²) in [5.41, 5.74) is -0.104. The molecule has 22 heavy (non-hydrogen) atoms. The summed E-state index contributed by atoms with van der Waals surface area (Å²) < 4.78 is 13.9. The molecule has 0 aliphatic heterocycles. The third-order valence-corrected chi connectivity index (χ3v) is 3.97. The normalized spacial score (nSPS) is 10.1. The van der Waals surface area contributed by atoms with Gasteiger partial charge < -0.3 is 4.98 Å². The number of nitrogens with one attached hydrogen (secondary N) is 2. The monoisotopic (exact) mass is 311 g/mol. The quantitative estimate of drug-likeness (QED) is 0.759. The summed E-state index contributed by atoms with van der Waals surface area (Å²) >= 11 is 1.21. The number of H-pyrrole nitrogens is 1. The zero-order chi connectivity index (χ0) is 15.7. The first kappa shape index (κ1) is 13.7. The molecule has 0 atom stereocenters. The molecule has 1 amide bonds. The number of nitrogens with zero attached hydrogens (tertiary/aromatic N) is 3. The molecule has 0 radical (unpaired) electrons. The van der Waals surface area contributed by atoms with E-state index >= 15 is 0 Å². The lowest BCUT2D eigenvalue weighted by atomic mass is 10.2. The topological polar surface area (TPSA) is 105 Å². The van der Waals surface area contributed by atoms with Crippen LogP contribution in [0.4, 0.5) is 10.3 Å². The first-order chi connectivity index (χ1) is 10.6. The molecular formula is C14H6FN5OS. The lowest BCUT2D eigenvalue weighted by Gasteiger charge is -1.97. The van der Waals surface area contributed by atoms with Crippen molar-refractivity contribution < 1.29 is 9.18 Å². The van der Waals surface area contributed by atoms with Crippen LogP contribution in [0.5, 0.6) is 0 Å². The van der Waals surface area contributed by atoms with Gasteiger partial charge in [0.15, 0.2) is 11.4 Å². The van der Waals surface area contributed by atoms with Crippen molar-refractivity contribution in [2.75, 3.05) is 5.32 Å². The highest BCUT2D eigenvalue weighted by Crippen LogP contribution is 2.26. The van der Waals surface area contributed by atoms with Gasteiger partial charge in [0.25, 0.3) is 5.91 Å². The Labute approximate surface area is 127 Å². The van der Waals surface area contributed by atoms with E-state index in [1.165, 1.54) is 23.5 Å². The van der Waals surface area contributed by atoms with Gasteiger partial charge in [0.05, 0.1) is 4.88 Å². The zero-order valence-electron chi connectivity index (χ0n) is 10.8. The maximum absolute atomic E-state index is 13.1. The first-order valence-corrected chi connectivity index (χ1v) is 6.83. The number of hydrogen-bond acceptors (Lipinski definition) is 5. The molecule has 6 nitrogen and oxygen atoms in total. The largest absolute Gasteiger partial charge is 0.314 e. The van der Waals surface area contributed by atoms with Crippen molar-refractivity contribution in [1.29, 1.82) is 10.5 Å². The molecule has 0 aliphatic carbocycles. The van der Waals surface area contributed by atoms with Crippen molar-refractivity contribution in [2.24, 2.45) is 0 Å². The number of carbonyl (C=O) groups excluding carboxylic acids is 1. The molecule has 0 aliphatic rings. The Balaban J connectivity index is 1.89. The summed E-state index contributed by atoms with van der Waals surface area (Å²) in [4.78, 5) is 18.9. The summed E-state index contributed by atoms with van der Waals surface area (Å²) in [5, 5.41) is 20.7. The molecule has 0 bridgehead atoms. The molecule has 0 spiro atoms. The Kier molecular flexibility index (Phi) is 3.30. The maximum Gasteiger partial charge on any atom is 0.268 e. The second-order valence-electron chi connectivity index (χ2n) is 4.28. The Bertz CT molecular complexity index is 944. The number of rotatable bonds is 2. The fraction of sp³-hybridized carbons (Fsp3) is 0. The lowest BCUT2D eigenvalue weighted by molar-refractivity contribution is 0.103. The highest BCUT2D eigenvalue weighted by Gasteiger charge is 2.15. The molecular weight excluding hydrogens is 305 g/mol. The fourth-order valence-corrected chi connectivity index (χ4v) is 2.83. The summed E-state index contributed by atoms with van der Waals surface area (Å²) in [7, 11) is 0. The first-order valence-electron chi connectivity index (χ1n) is 6.01. The number of benzene rings is 1. The SMILES string of the molecule is N#Cc1nc(NC(=O)c2cc3cc(F)ccc3s2)[nH]c1C#N. The van der Waals surface area contributed by atoms with Gasteiger partial charge in [-0.15, -0.1) is 11.3 Å². The number of thiophene rings is 1. The summed E-state index contributed by atoms with van der Waals surface area (Å²) in [6.07, 6.45) is 0. The van der Waals surface area contributed by atoms with Gasteiger partial charge in [0.2, 0.25) is 5.95 Å². The molecule has 3 rings (SSSR count). The maximum atomic E-state index is 13.1. The minimum absolute atomic E-state index is 0.0155. The smallest absolute Gasteiger partial charge is 0.268 e. The number of imidazole rings is 1. The molecule has 0 saturated heterocycles. The number of anilines is 1. The standard InChI is InChI=1S/C14H6FN5OS/c15-8-1-2-11-7(3-8)4-12(22-11)13(21)20-14-18-9(5-16)10(6-17)19-14/h1-4H,(H2,18,19,20,21). The van der Waals surface area contributed by atoms with Crippen LogP contribution in [0.2, 0.25) is 0 Å². The van der Waals surface area contributed by atoms with Crippen molar-refractivity contribution in [3.05, 3.63) is 46.3 Å². The minimum atomic E-state index is -0.454. The molecule has 2 heterocycles. The minimum Gasteiger partial charge on any atom is -0.314 e. The highest BCUT2D eigenvalue weighted by atomic mass is 32.1. The van der Waals surface area contributed by atoms with Gasteiger partial charge in [-0.05, 0) is 29.7 Å². The van der Waals surface area contributed by atoms with E-state index in [4.69, 9.17) is 10.5 Å².